The fourth-order valence-electron chi connectivity index (χ4n) is 2.79. The Balaban J connectivity index is 1.72. The maximum Gasteiger partial charge on any atom is 0.407 e. The van der Waals surface area contributed by atoms with Crippen molar-refractivity contribution in [3.8, 4) is 0 Å². The summed E-state index contributed by atoms with van der Waals surface area (Å²) in [6, 6.07) is 8.19. The van der Waals surface area contributed by atoms with E-state index >= 15 is 0 Å². The zero-order valence-corrected chi connectivity index (χ0v) is 14.3. The van der Waals surface area contributed by atoms with Crippen LogP contribution < -0.4 is 11.1 Å². The zero-order valence-electron chi connectivity index (χ0n) is 14.3. The Hall–Kier alpha value is -1.92. The quantitative estimate of drug-likeness (QED) is 0.793. The van der Waals surface area contributed by atoms with Gasteiger partial charge in [0.25, 0.3) is 0 Å². The van der Waals surface area contributed by atoms with Crippen LogP contribution in [0.5, 0.6) is 0 Å². The maximum atomic E-state index is 11.4. The van der Waals surface area contributed by atoms with Crippen molar-refractivity contribution in [2.24, 2.45) is 11.7 Å². The van der Waals surface area contributed by atoms with Crippen LogP contribution in [0.15, 0.2) is 24.3 Å². The van der Waals surface area contributed by atoms with Gasteiger partial charge in [-0.3, -0.25) is 9.69 Å². The van der Waals surface area contributed by atoms with Crippen LogP contribution in [0.4, 0.5) is 4.79 Å². The van der Waals surface area contributed by atoms with Gasteiger partial charge in [-0.2, -0.15) is 0 Å². The Morgan fingerprint density at radius 2 is 1.83 bits per heavy atom. The Morgan fingerprint density at radius 3 is 2.42 bits per heavy atom. The summed E-state index contributed by atoms with van der Waals surface area (Å²) in [6.45, 7) is 5.53. The van der Waals surface area contributed by atoms with Crippen LogP contribution in [0.3, 0.4) is 0 Å². The summed E-state index contributed by atoms with van der Waals surface area (Å²) in [6.07, 6.45) is 1.79. The van der Waals surface area contributed by atoms with Crippen LogP contribution >= 0.6 is 0 Å². The van der Waals surface area contributed by atoms with Gasteiger partial charge in [-0.15, -0.1) is 0 Å². The van der Waals surface area contributed by atoms with Crippen LogP contribution in [-0.4, -0.2) is 43.0 Å². The molecule has 0 bridgehead atoms. The molecule has 1 heterocycles. The van der Waals surface area contributed by atoms with Crippen LogP contribution in [0.1, 0.15) is 30.9 Å². The van der Waals surface area contributed by atoms with Crippen molar-refractivity contribution in [1.29, 1.82) is 0 Å². The summed E-state index contributed by atoms with van der Waals surface area (Å²) >= 11 is 0. The van der Waals surface area contributed by atoms with Crippen molar-refractivity contribution in [1.82, 2.24) is 10.2 Å². The molecule has 1 aromatic carbocycles. The van der Waals surface area contributed by atoms with Gasteiger partial charge >= 0.3 is 6.09 Å². The molecular formula is C18H27N3O3. The summed E-state index contributed by atoms with van der Waals surface area (Å²) in [5.74, 6) is 0.502. The molecule has 3 N–H and O–H groups in total. The summed E-state index contributed by atoms with van der Waals surface area (Å²) in [7, 11) is 0. The molecule has 24 heavy (non-hydrogen) atoms. The van der Waals surface area contributed by atoms with Gasteiger partial charge in [0.1, 0.15) is 0 Å². The number of rotatable bonds is 7. The largest absolute Gasteiger partial charge is 0.442 e. The van der Waals surface area contributed by atoms with Crippen LogP contribution in [0.2, 0.25) is 0 Å². The van der Waals surface area contributed by atoms with Crippen molar-refractivity contribution in [2.45, 2.75) is 32.9 Å². The van der Waals surface area contributed by atoms with Gasteiger partial charge in [0.15, 0.2) is 12.4 Å². The number of nitrogens with one attached hydrogen (secondary N) is 1. The molecular weight excluding hydrogens is 306 g/mol. The number of hydrogen-bond acceptors (Lipinski definition) is 5. The molecule has 1 aliphatic rings. The number of carbonyl (C=O) groups excluding carboxylic acids is 2. The molecule has 0 atom stereocenters. The molecule has 0 radical (unpaired) electrons. The monoisotopic (exact) mass is 333 g/mol. The van der Waals surface area contributed by atoms with Crippen molar-refractivity contribution >= 4 is 11.9 Å². The highest BCUT2D eigenvalue weighted by Crippen LogP contribution is 2.18. The standard InChI is InChI=1S/C18H27N3O3/c1-14(22)13-24-18(23)20-11-16-2-4-17(5-3-16)12-21-8-6-15(10-19)7-9-21/h2-5,15H,6-13,19H2,1H3,(H,20,23). The average Bonchev–Trinajstić information content (AvgIpc) is 2.60. The highest BCUT2D eigenvalue weighted by atomic mass is 16.5. The number of benzene rings is 1. The molecule has 6 nitrogen and oxygen atoms in total. The molecule has 0 spiro atoms. The molecule has 1 aliphatic heterocycles. The van der Waals surface area contributed by atoms with Gasteiger partial charge in [-0.05, 0) is 56.4 Å². The molecule has 0 saturated carbocycles. The van der Waals surface area contributed by atoms with E-state index in [1.165, 1.54) is 25.3 Å². The number of nitrogens with zero attached hydrogens (tertiary/aromatic N) is 1. The third kappa shape index (κ3) is 6.29. The van der Waals surface area contributed by atoms with E-state index in [0.717, 1.165) is 31.7 Å². The normalized spacial score (nSPS) is 15.9. The molecule has 0 unspecified atom stereocenters. The van der Waals surface area contributed by atoms with E-state index in [1.807, 2.05) is 12.1 Å². The summed E-state index contributed by atoms with van der Waals surface area (Å²) in [5.41, 5.74) is 8.00. The van der Waals surface area contributed by atoms with E-state index in [4.69, 9.17) is 10.5 Å². The van der Waals surface area contributed by atoms with Gasteiger partial charge in [0.05, 0.1) is 0 Å². The molecule has 0 aromatic heterocycles. The van der Waals surface area contributed by atoms with Crippen LogP contribution in [-0.2, 0) is 22.6 Å². The highest BCUT2D eigenvalue weighted by molar-refractivity contribution is 5.79. The lowest BCUT2D eigenvalue weighted by atomic mass is 9.97. The van der Waals surface area contributed by atoms with Gasteiger partial charge in [-0.1, -0.05) is 24.3 Å². The maximum absolute atomic E-state index is 11.4. The lowest BCUT2D eigenvalue weighted by Gasteiger charge is -2.31. The third-order valence-corrected chi connectivity index (χ3v) is 4.31. The Bertz CT molecular complexity index is 537. The average molecular weight is 333 g/mol. The minimum absolute atomic E-state index is 0.176. The number of Topliss-reactive ketones (excluding diaryl/α,β-unsaturated/α-hetero) is 1. The first-order valence-electron chi connectivity index (χ1n) is 8.47. The lowest BCUT2D eigenvalue weighted by Crippen LogP contribution is -2.35. The minimum atomic E-state index is -0.572. The molecule has 0 aliphatic carbocycles. The van der Waals surface area contributed by atoms with Crippen molar-refractivity contribution in [3.05, 3.63) is 35.4 Å². The number of likely N-dealkylation sites (tertiary alicyclic amines) is 1. The number of alkyl carbamates (subject to hydrolysis) is 1. The second-order valence-corrected chi connectivity index (χ2v) is 6.40. The van der Waals surface area contributed by atoms with Gasteiger partial charge < -0.3 is 15.8 Å². The van der Waals surface area contributed by atoms with Gasteiger partial charge in [0, 0.05) is 13.1 Å². The second kappa shape index (κ2) is 9.39. The second-order valence-electron chi connectivity index (χ2n) is 6.40. The highest BCUT2D eigenvalue weighted by Gasteiger charge is 2.17. The predicted molar refractivity (Wildman–Crippen MR) is 92.4 cm³/mol. The predicted octanol–water partition coefficient (Wildman–Crippen LogP) is 1.67. The SMILES string of the molecule is CC(=O)COC(=O)NCc1ccc(CN2CCC(CN)CC2)cc1. The molecule has 1 aromatic rings. The zero-order chi connectivity index (χ0) is 17.4. The number of ketones is 1. The molecule has 132 valence electrons. The number of ether oxygens (including phenoxy) is 1. The third-order valence-electron chi connectivity index (χ3n) is 4.31. The summed E-state index contributed by atoms with van der Waals surface area (Å²) in [5, 5.41) is 2.63. The molecule has 6 heteroatoms. The molecule has 1 fully saturated rings. The van der Waals surface area contributed by atoms with Crippen molar-refractivity contribution in [3.63, 3.8) is 0 Å². The topological polar surface area (TPSA) is 84.7 Å². The number of nitrogens with two attached hydrogens (primary N) is 1. The van der Waals surface area contributed by atoms with E-state index in [1.54, 1.807) is 0 Å². The van der Waals surface area contributed by atoms with Crippen LogP contribution in [0, 0.1) is 5.92 Å². The summed E-state index contributed by atoms with van der Waals surface area (Å²) < 4.78 is 4.75. The Morgan fingerprint density at radius 1 is 1.21 bits per heavy atom. The number of piperidine rings is 1. The fraction of sp³-hybridized carbons (Fsp3) is 0.556. The fourth-order valence-corrected chi connectivity index (χ4v) is 2.79. The first-order valence-corrected chi connectivity index (χ1v) is 8.47. The van der Waals surface area contributed by atoms with Gasteiger partial charge in [0.2, 0.25) is 0 Å². The van der Waals surface area contributed by atoms with E-state index < -0.39 is 6.09 Å². The lowest BCUT2D eigenvalue weighted by molar-refractivity contribution is -0.119. The number of amides is 1. The smallest absolute Gasteiger partial charge is 0.407 e. The first kappa shape index (κ1) is 18.4. The number of hydrogen-bond donors (Lipinski definition) is 2. The number of carbonyl (C=O) groups is 2. The van der Waals surface area contributed by atoms with E-state index in [2.05, 4.69) is 22.3 Å². The first-order chi connectivity index (χ1) is 11.6. The van der Waals surface area contributed by atoms with E-state index in [0.29, 0.717) is 12.5 Å². The Labute approximate surface area is 143 Å². The summed E-state index contributed by atoms with van der Waals surface area (Å²) in [4.78, 5) is 24.6. The van der Waals surface area contributed by atoms with E-state index in [-0.39, 0.29) is 12.4 Å². The molecule has 2 rings (SSSR count). The van der Waals surface area contributed by atoms with E-state index in [9.17, 15) is 9.59 Å². The van der Waals surface area contributed by atoms with Crippen molar-refractivity contribution < 1.29 is 14.3 Å². The van der Waals surface area contributed by atoms with Crippen molar-refractivity contribution in [2.75, 3.05) is 26.2 Å². The molecule has 1 saturated heterocycles. The van der Waals surface area contributed by atoms with Gasteiger partial charge in [-0.25, -0.2) is 4.79 Å². The molecule has 1 amide bonds. The minimum Gasteiger partial charge on any atom is -0.442 e. The Kier molecular flexibility index (Phi) is 7.21. The van der Waals surface area contributed by atoms with Crippen LogP contribution in [0.25, 0.3) is 0 Å².